The second-order valence-electron chi connectivity index (χ2n) is 7.33. The molecule has 2 amide bonds. The molecule has 3 aromatic rings. The predicted octanol–water partition coefficient (Wildman–Crippen LogP) is 3.65. The van der Waals surface area contributed by atoms with Crippen molar-refractivity contribution in [2.45, 2.75) is 31.1 Å². The first kappa shape index (κ1) is 18.9. The number of amides is 2. The van der Waals surface area contributed by atoms with Crippen LogP contribution in [0, 0.1) is 0 Å². The van der Waals surface area contributed by atoms with Crippen LogP contribution >= 0.6 is 0 Å². The zero-order chi connectivity index (χ0) is 20.3. The highest BCUT2D eigenvalue weighted by Crippen LogP contribution is 2.42. The van der Waals surface area contributed by atoms with Crippen molar-refractivity contribution in [2.75, 3.05) is 5.32 Å². The van der Waals surface area contributed by atoms with Crippen LogP contribution in [0.15, 0.2) is 60.9 Å². The molecular weight excluding hydrogens is 368 g/mol. The SMILES string of the molecule is O=C(NO)c1ccc(NC(=O)C2(c3ccc(-c4cn[nH]c4)cc3)CCCC2)cc1. The number of hydrogen-bond acceptors (Lipinski definition) is 4. The molecule has 148 valence electrons. The second-order valence-corrected chi connectivity index (χ2v) is 7.33. The van der Waals surface area contributed by atoms with Gasteiger partial charge in [0.25, 0.3) is 5.91 Å². The van der Waals surface area contributed by atoms with Gasteiger partial charge >= 0.3 is 0 Å². The molecule has 1 aromatic heterocycles. The minimum Gasteiger partial charge on any atom is -0.325 e. The highest BCUT2D eigenvalue weighted by Gasteiger charge is 2.42. The lowest BCUT2D eigenvalue weighted by Gasteiger charge is -2.28. The molecule has 4 rings (SSSR count). The number of nitrogens with one attached hydrogen (secondary N) is 3. The number of aromatic nitrogens is 2. The molecule has 1 aliphatic rings. The van der Waals surface area contributed by atoms with Gasteiger partial charge in [-0.15, -0.1) is 0 Å². The minimum atomic E-state index is -0.590. The molecule has 29 heavy (non-hydrogen) atoms. The number of H-pyrrole nitrogens is 1. The number of hydrogen-bond donors (Lipinski definition) is 4. The summed E-state index contributed by atoms with van der Waals surface area (Å²) in [7, 11) is 0. The monoisotopic (exact) mass is 390 g/mol. The van der Waals surface area contributed by atoms with Gasteiger partial charge < -0.3 is 5.32 Å². The van der Waals surface area contributed by atoms with Crippen molar-refractivity contribution in [2.24, 2.45) is 0 Å². The van der Waals surface area contributed by atoms with E-state index in [-0.39, 0.29) is 5.91 Å². The van der Waals surface area contributed by atoms with Crippen LogP contribution in [-0.4, -0.2) is 27.2 Å². The molecule has 0 aliphatic heterocycles. The van der Waals surface area contributed by atoms with Crippen LogP contribution in [0.5, 0.6) is 0 Å². The Bertz CT molecular complexity index is 990. The molecule has 2 aromatic carbocycles. The highest BCUT2D eigenvalue weighted by atomic mass is 16.5. The summed E-state index contributed by atoms with van der Waals surface area (Å²) < 4.78 is 0. The number of anilines is 1. The zero-order valence-electron chi connectivity index (χ0n) is 15.8. The Kier molecular flexibility index (Phi) is 5.14. The Hall–Kier alpha value is -3.45. The summed E-state index contributed by atoms with van der Waals surface area (Å²) >= 11 is 0. The molecule has 1 aliphatic carbocycles. The quantitative estimate of drug-likeness (QED) is 0.394. The Labute approximate surface area is 168 Å². The second kappa shape index (κ2) is 7.89. The van der Waals surface area contributed by atoms with E-state index in [0.29, 0.717) is 11.3 Å². The Morgan fingerprint density at radius 3 is 2.24 bits per heavy atom. The maximum Gasteiger partial charge on any atom is 0.274 e. The predicted molar refractivity (Wildman–Crippen MR) is 108 cm³/mol. The van der Waals surface area contributed by atoms with Crippen molar-refractivity contribution in [3.63, 3.8) is 0 Å². The van der Waals surface area contributed by atoms with E-state index in [9.17, 15) is 9.59 Å². The number of hydroxylamine groups is 1. The van der Waals surface area contributed by atoms with Gasteiger partial charge in [-0.2, -0.15) is 5.10 Å². The van der Waals surface area contributed by atoms with Crippen LogP contribution in [0.1, 0.15) is 41.6 Å². The van der Waals surface area contributed by atoms with Crippen molar-refractivity contribution in [3.8, 4) is 11.1 Å². The van der Waals surface area contributed by atoms with E-state index in [1.54, 1.807) is 35.9 Å². The average Bonchev–Trinajstić information content (AvgIpc) is 3.47. The first-order valence-corrected chi connectivity index (χ1v) is 9.58. The van der Waals surface area contributed by atoms with E-state index in [4.69, 9.17) is 5.21 Å². The first-order chi connectivity index (χ1) is 14.1. The fourth-order valence-corrected chi connectivity index (χ4v) is 4.04. The standard InChI is InChI=1S/C22H22N4O3/c27-20(26-29)16-5-9-19(10-6-16)25-21(28)22(11-1-2-12-22)18-7-3-15(4-8-18)17-13-23-24-14-17/h3-10,13-14,29H,1-2,11-12H2,(H,23,24)(H,25,28)(H,26,27). The number of aromatic amines is 1. The molecular formula is C22H22N4O3. The maximum absolute atomic E-state index is 13.3. The Balaban J connectivity index is 1.56. The number of nitrogens with zero attached hydrogens (tertiary/aromatic N) is 1. The molecule has 0 radical (unpaired) electrons. The third-order valence-corrected chi connectivity index (χ3v) is 5.67. The molecule has 1 saturated carbocycles. The van der Waals surface area contributed by atoms with Gasteiger partial charge in [0.05, 0.1) is 11.6 Å². The van der Waals surface area contributed by atoms with Gasteiger partial charge in [-0.05, 0) is 48.2 Å². The summed E-state index contributed by atoms with van der Waals surface area (Å²) in [5, 5.41) is 18.5. The molecule has 0 atom stereocenters. The summed E-state index contributed by atoms with van der Waals surface area (Å²) in [5.41, 5.74) is 5.04. The van der Waals surface area contributed by atoms with Gasteiger partial charge in [-0.25, -0.2) is 5.48 Å². The number of benzene rings is 2. The summed E-state index contributed by atoms with van der Waals surface area (Å²) in [6.07, 6.45) is 7.23. The van der Waals surface area contributed by atoms with Crippen molar-refractivity contribution in [1.29, 1.82) is 0 Å². The van der Waals surface area contributed by atoms with E-state index in [1.807, 2.05) is 30.5 Å². The Morgan fingerprint density at radius 1 is 0.966 bits per heavy atom. The summed E-state index contributed by atoms with van der Waals surface area (Å²) in [6.45, 7) is 0. The molecule has 1 fully saturated rings. The van der Waals surface area contributed by atoms with Crippen LogP contribution in [0.4, 0.5) is 5.69 Å². The van der Waals surface area contributed by atoms with Gasteiger partial charge in [-0.3, -0.25) is 19.9 Å². The van der Waals surface area contributed by atoms with E-state index in [0.717, 1.165) is 42.4 Å². The lowest BCUT2D eigenvalue weighted by Crippen LogP contribution is -2.38. The van der Waals surface area contributed by atoms with Crippen molar-refractivity contribution in [1.82, 2.24) is 15.7 Å². The first-order valence-electron chi connectivity index (χ1n) is 9.58. The van der Waals surface area contributed by atoms with Gasteiger partial charge in [0.15, 0.2) is 0 Å². The summed E-state index contributed by atoms with van der Waals surface area (Å²) in [4.78, 5) is 24.7. The van der Waals surface area contributed by atoms with E-state index < -0.39 is 11.3 Å². The van der Waals surface area contributed by atoms with Crippen LogP contribution in [0.3, 0.4) is 0 Å². The number of carbonyl (C=O) groups is 2. The lowest BCUT2D eigenvalue weighted by atomic mass is 9.77. The maximum atomic E-state index is 13.3. The highest BCUT2D eigenvalue weighted by molar-refractivity contribution is 6.00. The molecule has 0 bridgehead atoms. The van der Waals surface area contributed by atoms with Gasteiger partial charge in [0.2, 0.25) is 5.91 Å². The van der Waals surface area contributed by atoms with Crippen LogP contribution in [-0.2, 0) is 10.2 Å². The fourth-order valence-electron chi connectivity index (χ4n) is 4.04. The normalized spacial score (nSPS) is 15.1. The lowest BCUT2D eigenvalue weighted by molar-refractivity contribution is -0.121. The third kappa shape index (κ3) is 3.64. The molecule has 7 heteroatoms. The molecule has 4 N–H and O–H groups in total. The number of rotatable bonds is 5. The van der Waals surface area contributed by atoms with Gasteiger partial charge in [0, 0.05) is 23.0 Å². The van der Waals surface area contributed by atoms with E-state index >= 15 is 0 Å². The summed E-state index contributed by atoms with van der Waals surface area (Å²) in [5.74, 6) is -0.627. The molecule has 0 unspecified atom stereocenters. The fraction of sp³-hybridized carbons (Fsp3) is 0.227. The number of carbonyl (C=O) groups excluding carboxylic acids is 2. The molecule has 0 spiro atoms. The van der Waals surface area contributed by atoms with Gasteiger partial charge in [-0.1, -0.05) is 37.1 Å². The molecule has 7 nitrogen and oxygen atoms in total. The van der Waals surface area contributed by atoms with Crippen molar-refractivity contribution in [3.05, 3.63) is 72.1 Å². The van der Waals surface area contributed by atoms with E-state index in [1.165, 1.54) is 0 Å². The van der Waals surface area contributed by atoms with Crippen molar-refractivity contribution < 1.29 is 14.8 Å². The van der Waals surface area contributed by atoms with Gasteiger partial charge in [0.1, 0.15) is 0 Å². The van der Waals surface area contributed by atoms with Crippen LogP contribution < -0.4 is 10.8 Å². The third-order valence-electron chi connectivity index (χ3n) is 5.67. The average molecular weight is 390 g/mol. The largest absolute Gasteiger partial charge is 0.325 e. The van der Waals surface area contributed by atoms with Crippen LogP contribution in [0.25, 0.3) is 11.1 Å². The topological polar surface area (TPSA) is 107 Å². The minimum absolute atomic E-state index is 0.0366. The summed E-state index contributed by atoms with van der Waals surface area (Å²) in [6, 6.07) is 14.5. The smallest absolute Gasteiger partial charge is 0.274 e. The van der Waals surface area contributed by atoms with Crippen molar-refractivity contribution >= 4 is 17.5 Å². The van der Waals surface area contributed by atoms with E-state index in [2.05, 4.69) is 15.5 Å². The zero-order valence-corrected chi connectivity index (χ0v) is 15.8. The molecule has 0 saturated heterocycles. The molecule has 1 heterocycles. The Morgan fingerprint density at radius 2 is 1.66 bits per heavy atom. The van der Waals surface area contributed by atoms with Crippen LogP contribution in [0.2, 0.25) is 0 Å².